The zero-order valence-electron chi connectivity index (χ0n) is 19.7. The average molecular weight is 570 g/mol. The molecule has 6 nitrogen and oxygen atoms in total. The monoisotopic (exact) mass is 570 g/mol. The minimum absolute atomic E-state index is 0. The highest BCUT2D eigenvalue weighted by Gasteiger charge is 2.19. The molecule has 0 spiro atoms. The molecule has 1 aliphatic heterocycles. The van der Waals surface area contributed by atoms with Crippen molar-refractivity contribution in [1.29, 1.82) is 0 Å². The molecule has 0 radical (unpaired) electrons. The molecule has 1 unspecified atom stereocenters. The number of hydrogen-bond donors (Lipinski definition) is 3. The first-order valence-electron chi connectivity index (χ1n) is 11.4. The highest BCUT2D eigenvalue weighted by molar-refractivity contribution is 14.0. The van der Waals surface area contributed by atoms with E-state index in [4.69, 9.17) is 4.74 Å². The van der Waals surface area contributed by atoms with Crippen LogP contribution in [0.4, 0.5) is 10.1 Å². The van der Waals surface area contributed by atoms with E-state index < -0.39 is 0 Å². The highest BCUT2D eigenvalue weighted by Crippen LogP contribution is 2.24. The van der Waals surface area contributed by atoms with Crippen LogP contribution in [0.3, 0.4) is 0 Å². The van der Waals surface area contributed by atoms with Crippen molar-refractivity contribution < 1.29 is 14.2 Å². The zero-order chi connectivity index (χ0) is 22.9. The van der Waals surface area contributed by atoms with Crippen LogP contribution in [0.2, 0.25) is 0 Å². The molecule has 33 heavy (non-hydrogen) atoms. The van der Waals surface area contributed by atoms with Crippen molar-refractivity contribution in [3.8, 4) is 5.75 Å². The molecule has 0 bridgehead atoms. The summed E-state index contributed by atoms with van der Waals surface area (Å²) in [5.41, 5.74) is 2.51. The molecule has 1 atom stereocenters. The minimum atomic E-state index is -0.273. The van der Waals surface area contributed by atoms with E-state index in [0.29, 0.717) is 50.7 Å². The van der Waals surface area contributed by atoms with Crippen LogP contribution in [0.1, 0.15) is 37.8 Å². The van der Waals surface area contributed by atoms with Crippen LogP contribution in [0.15, 0.2) is 47.5 Å². The SMILES string of the molecule is CCNC(=NCc1ccc(N2CCC(O)CC2)c(F)c1)NCC(C)Oc1ccccc1C.I. The fourth-order valence-electron chi connectivity index (χ4n) is 3.71. The van der Waals surface area contributed by atoms with Crippen LogP contribution in [0, 0.1) is 12.7 Å². The number of halogens is 2. The van der Waals surface area contributed by atoms with Gasteiger partial charge in [-0.15, -0.1) is 24.0 Å². The van der Waals surface area contributed by atoms with Crippen LogP contribution in [-0.2, 0) is 6.54 Å². The second-order valence-electron chi connectivity index (χ2n) is 8.27. The normalized spacial score (nSPS) is 15.5. The standard InChI is InChI=1S/C25H35FN4O2.HI/c1-4-27-25(28-16-19(3)32-24-8-6-5-7-18(24)2)29-17-20-9-10-23(22(26)15-20)30-13-11-21(31)12-14-30;/h5-10,15,19,21,31H,4,11-14,16-17H2,1-3H3,(H2,27,28,29);1H. The number of piperidine rings is 1. The van der Waals surface area contributed by atoms with Gasteiger partial charge in [-0.3, -0.25) is 0 Å². The Morgan fingerprint density at radius 3 is 2.61 bits per heavy atom. The summed E-state index contributed by atoms with van der Waals surface area (Å²) in [6, 6.07) is 13.2. The molecule has 182 valence electrons. The Balaban J connectivity index is 0.00000385. The summed E-state index contributed by atoms with van der Waals surface area (Å²) in [5.74, 6) is 1.30. The number of hydrogen-bond acceptors (Lipinski definition) is 4. The Morgan fingerprint density at radius 2 is 1.94 bits per heavy atom. The quantitative estimate of drug-likeness (QED) is 0.252. The number of benzene rings is 2. The van der Waals surface area contributed by atoms with Crippen LogP contribution in [0.25, 0.3) is 0 Å². The van der Waals surface area contributed by atoms with Crippen molar-refractivity contribution in [3.63, 3.8) is 0 Å². The Hall–Kier alpha value is -2.07. The van der Waals surface area contributed by atoms with E-state index in [1.165, 1.54) is 0 Å². The molecule has 0 aromatic heterocycles. The molecule has 1 aliphatic rings. The van der Waals surface area contributed by atoms with Gasteiger partial charge in [-0.1, -0.05) is 24.3 Å². The maximum absolute atomic E-state index is 14.7. The van der Waals surface area contributed by atoms with Gasteiger partial charge in [0.15, 0.2) is 5.96 Å². The predicted molar refractivity (Wildman–Crippen MR) is 143 cm³/mol. The van der Waals surface area contributed by atoms with Gasteiger partial charge in [0.1, 0.15) is 17.7 Å². The average Bonchev–Trinajstić information content (AvgIpc) is 2.78. The molecule has 2 aromatic carbocycles. The van der Waals surface area contributed by atoms with Crippen LogP contribution < -0.4 is 20.3 Å². The predicted octanol–water partition coefficient (Wildman–Crippen LogP) is 4.24. The third kappa shape index (κ3) is 8.33. The third-order valence-electron chi connectivity index (χ3n) is 5.56. The summed E-state index contributed by atoms with van der Waals surface area (Å²) in [6.07, 6.45) is 1.04. The van der Waals surface area contributed by atoms with E-state index in [1.807, 2.05) is 62.1 Å². The topological polar surface area (TPSA) is 69.1 Å². The molecule has 1 saturated heterocycles. The van der Waals surface area contributed by atoms with Crippen molar-refractivity contribution in [3.05, 3.63) is 59.4 Å². The number of ether oxygens (including phenoxy) is 1. The molecule has 3 rings (SSSR count). The molecule has 0 aliphatic carbocycles. The number of nitrogens with zero attached hydrogens (tertiary/aromatic N) is 2. The molecular formula is C25H36FIN4O2. The summed E-state index contributed by atoms with van der Waals surface area (Å²) < 4.78 is 20.7. The smallest absolute Gasteiger partial charge is 0.191 e. The number of para-hydroxylation sites is 1. The van der Waals surface area contributed by atoms with Gasteiger partial charge in [0.2, 0.25) is 0 Å². The summed E-state index contributed by atoms with van der Waals surface area (Å²) >= 11 is 0. The molecule has 1 fully saturated rings. The van der Waals surface area contributed by atoms with Gasteiger partial charge in [0, 0.05) is 19.6 Å². The third-order valence-corrected chi connectivity index (χ3v) is 5.56. The van der Waals surface area contributed by atoms with Gasteiger partial charge in [0.25, 0.3) is 0 Å². The Morgan fingerprint density at radius 1 is 1.21 bits per heavy atom. The van der Waals surface area contributed by atoms with Crippen molar-refractivity contribution in [2.24, 2.45) is 4.99 Å². The van der Waals surface area contributed by atoms with Gasteiger partial charge >= 0.3 is 0 Å². The van der Waals surface area contributed by atoms with Crippen molar-refractivity contribution in [2.45, 2.75) is 52.4 Å². The lowest BCUT2D eigenvalue weighted by Gasteiger charge is -2.31. The van der Waals surface area contributed by atoms with E-state index in [1.54, 1.807) is 6.07 Å². The number of aliphatic hydroxyl groups is 1. The summed E-state index contributed by atoms with van der Waals surface area (Å²) in [6.45, 7) is 9.09. The van der Waals surface area contributed by atoms with Crippen molar-refractivity contribution in [2.75, 3.05) is 31.1 Å². The maximum Gasteiger partial charge on any atom is 0.191 e. The first-order chi connectivity index (χ1) is 15.5. The van der Waals surface area contributed by atoms with Gasteiger partial charge < -0.3 is 25.4 Å². The molecular weight excluding hydrogens is 534 g/mol. The van der Waals surface area contributed by atoms with Gasteiger partial charge in [-0.05, 0) is 62.9 Å². The second kappa shape index (κ2) is 13.6. The molecule has 2 aromatic rings. The number of aliphatic imine (C=N–C) groups is 1. The Labute approximate surface area is 213 Å². The minimum Gasteiger partial charge on any atom is -0.489 e. The Kier molecular flexibility index (Phi) is 11.2. The first kappa shape index (κ1) is 27.2. The summed E-state index contributed by atoms with van der Waals surface area (Å²) in [5, 5.41) is 16.2. The van der Waals surface area contributed by atoms with Gasteiger partial charge in [-0.2, -0.15) is 0 Å². The summed E-state index contributed by atoms with van der Waals surface area (Å²) in [7, 11) is 0. The van der Waals surface area contributed by atoms with E-state index in [2.05, 4.69) is 15.6 Å². The first-order valence-corrected chi connectivity index (χ1v) is 11.4. The summed E-state index contributed by atoms with van der Waals surface area (Å²) in [4.78, 5) is 6.60. The fourth-order valence-corrected chi connectivity index (χ4v) is 3.71. The van der Waals surface area contributed by atoms with E-state index in [9.17, 15) is 9.50 Å². The number of nitrogens with one attached hydrogen (secondary N) is 2. The van der Waals surface area contributed by atoms with Crippen LogP contribution in [0.5, 0.6) is 5.75 Å². The van der Waals surface area contributed by atoms with E-state index in [-0.39, 0.29) is 42.0 Å². The lowest BCUT2D eigenvalue weighted by Crippen LogP contribution is -2.41. The molecule has 8 heteroatoms. The second-order valence-corrected chi connectivity index (χ2v) is 8.27. The molecule has 1 heterocycles. The zero-order valence-corrected chi connectivity index (χ0v) is 22.0. The van der Waals surface area contributed by atoms with E-state index in [0.717, 1.165) is 23.4 Å². The lowest BCUT2D eigenvalue weighted by molar-refractivity contribution is 0.145. The van der Waals surface area contributed by atoms with Crippen molar-refractivity contribution >= 4 is 35.6 Å². The number of guanidine groups is 1. The Bertz CT molecular complexity index is 904. The molecule has 0 saturated carbocycles. The largest absolute Gasteiger partial charge is 0.489 e. The molecule has 3 N–H and O–H groups in total. The van der Waals surface area contributed by atoms with Crippen LogP contribution >= 0.6 is 24.0 Å². The number of rotatable bonds is 8. The number of anilines is 1. The van der Waals surface area contributed by atoms with Crippen molar-refractivity contribution in [1.82, 2.24) is 10.6 Å². The number of aliphatic hydroxyl groups excluding tert-OH is 1. The van der Waals surface area contributed by atoms with Gasteiger partial charge in [-0.25, -0.2) is 9.38 Å². The fraction of sp³-hybridized carbons (Fsp3) is 0.480. The van der Waals surface area contributed by atoms with E-state index >= 15 is 0 Å². The lowest BCUT2D eigenvalue weighted by atomic mass is 10.1. The number of aryl methyl sites for hydroxylation is 1. The maximum atomic E-state index is 14.7. The highest BCUT2D eigenvalue weighted by atomic mass is 127. The molecule has 0 amide bonds. The van der Waals surface area contributed by atoms with Gasteiger partial charge in [0.05, 0.1) is 24.9 Å². The van der Waals surface area contributed by atoms with Crippen LogP contribution in [-0.4, -0.2) is 49.5 Å².